The zero-order valence-electron chi connectivity index (χ0n) is 29.1. The Kier molecular flexibility index (Phi) is 6.48. The minimum absolute atomic E-state index is 1.23. The van der Waals surface area contributed by atoms with Crippen molar-refractivity contribution < 1.29 is 0 Å². The number of fused-ring (bicyclic) bond motifs is 11. The maximum atomic E-state index is 2.44. The summed E-state index contributed by atoms with van der Waals surface area (Å²) in [6, 6.07) is 67.8. The summed E-state index contributed by atoms with van der Waals surface area (Å²) in [6.45, 7) is 0. The molecular weight excluding hydrogens is 689 g/mol. The molecule has 250 valence electrons. The lowest BCUT2D eigenvalue weighted by Gasteiger charge is -2.18. The minimum Gasteiger partial charge on any atom is -0.135 e. The molecule has 0 aliphatic rings. The molecule has 12 aromatic rings. The molecular formula is C52H30S2. The summed E-state index contributed by atoms with van der Waals surface area (Å²) < 4.78 is 5.40. The van der Waals surface area contributed by atoms with E-state index in [1.54, 1.807) is 0 Å². The minimum atomic E-state index is 1.23. The zero-order chi connectivity index (χ0) is 35.3. The highest BCUT2D eigenvalue weighted by molar-refractivity contribution is 7.27. The van der Waals surface area contributed by atoms with E-state index in [1.165, 1.54) is 117 Å². The summed E-state index contributed by atoms with van der Waals surface area (Å²) in [5, 5.41) is 15.7. The van der Waals surface area contributed by atoms with Crippen molar-refractivity contribution in [2.75, 3.05) is 0 Å². The van der Waals surface area contributed by atoms with Gasteiger partial charge in [-0.3, -0.25) is 0 Å². The molecule has 0 amide bonds. The highest BCUT2D eigenvalue weighted by atomic mass is 32.1. The molecule has 54 heavy (non-hydrogen) atoms. The predicted molar refractivity (Wildman–Crippen MR) is 239 cm³/mol. The fraction of sp³-hybridized carbons (Fsp3) is 0. The number of hydrogen-bond donors (Lipinski definition) is 0. The standard InChI is InChI=1S/C52H30S2/c1-2-12-34-27-35(26-21-31(34)11-1)51-41-18-7-5-16-39(41)50(40-17-6-8-19-42(40)51)33-24-22-32(23-25-33)43-28-49-52(38-15-4-3-13-36(38)43)45-30-47-44(29-48(45)54-49)37-14-9-10-20-46(37)53-47/h1-30H. The molecule has 0 radical (unpaired) electrons. The second-order valence-corrected chi connectivity index (χ2v) is 16.5. The molecule has 10 aromatic carbocycles. The molecule has 12 rings (SSSR count). The number of benzene rings is 10. The molecule has 0 unspecified atom stereocenters. The molecule has 0 nitrogen and oxygen atoms in total. The maximum Gasteiger partial charge on any atom is 0.0368 e. The van der Waals surface area contributed by atoms with Crippen LogP contribution >= 0.6 is 22.7 Å². The van der Waals surface area contributed by atoms with Gasteiger partial charge in [0.25, 0.3) is 0 Å². The molecule has 0 fully saturated rings. The molecule has 0 bridgehead atoms. The van der Waals surface area contributed by atoms with Crippen molar-refractivity contribution in [3.8, 4) is 33.4 Å². The normalized spacial score (nSPS) is 12.1. The topological polar surface area (TPSA) is 0 Å². The third-order valence-electron chi connectivity index (χ3n) is 11.4. The highest BCUT2D eigenvalue weighted by Gasteiger charge is 2.19. The van der Waals surface area contributed by atoms with Crippen LogP contribution in [0.5, 0.6) is 0 Å². The predicted octanol–water partition coefficient (Wildman–Crippen LogP) is 16.0. The molecule has 0 aliphatic heterocycles. The number of rotatable bonds is 3. The van der Waals surface area contributed by atoms with Gasteiger partial charge in [0.15, 0.2) is 0 Å². The molecule has 2 aromatic heterocycles. The van der Waals surface area contributed by atoms with Crippen LogP contribution < -0.4 is 0 Å². The van der Waals surface area contributed by atoms with Crippen LogP contribution in [0.25, 0.3) is 117 Å². The van der Waals surface area contributed by atoms with Gasteiger partial charge in [0.05, 0.1) is 0 Å². The van der Waals surface area contributed by atoms with E-state index in [1.807, 2.05) is 22.7 Å². The van der Waals surface area contributed by atoms with Gasteiger partial charge in [0, 0.05) is 40.3 Å². The van der Waals surface area contributed by atoms with Gasteiger partial charge >= 0.3 is 0 Å². The molecule has 0 aliphatic carbocycles. The van der Waals surface area contributed by atoms with Crippen molar-refractivity contribution in [1.29, 1.82) is 0 Å². The van der Waals surface area contributed by atoms with E-state index in [4.69, 9.17) is 0 Å². The molecule has 2 heterocycles. The van der Waals surface area contributed by atoms with E-state index in [2.05, 4.69) is 182 Å². The molecule has 2 heteroatoms. The van der Waals surface area contributed by atoms with Gasteiger partial charge in [-0.25, -0.2) is 0 Å². The number of thiophene rings is 2. The third-order valence-corrected chi connectivity index (χ3v) is 13.7. The Hall–Kier alpha value is -6.32. The summed E-state index contributed by atoms with van der Waals surface area (Å²) in [5.74, 6) is 0. The Balaban J connectivity index is 1.04. The quantitative estimate of drug-likeness (QED) is 0.160. The summed E-state index contributed by atoms with van der Waals surface area (Å²) in [7, 11) is 0. The molecule has 0 N–H and O–H groups in total. The zero-order valence-corrected chi connectivity index (χ0v) is 30.8. The summed E-state index contributed by atoms with van der Waals surface area (Å²) in [6.07, 6.45) is 0. The fourth-order valence-electron chi connectivity index (χ4n) is 9.01. The van der Waals surface area contributed by atoms with Gasteiger partial charge in [-0.05, 0) is 107 Å². The fourth-order valence-corrected chi connectivity index (χ4v) is 11.3. The highest BCUT2D eigenvalue weighted by Crippen LogP contribution is 2.48. The van der Waals surface area contributed by atoms with Gasteiger partial charge in [-0.15, -0.1) is 22.7 Å². The summed E-state index contributed by atoms with van der Waals surface area (Å²) in [5.41, 5.74) is 7.58. The lowest BCUT2D eigenvalue weighted by molar-refractivity contribution is 1.64. The third kappa shape index (κ3) is 4.42. The monoisotopic (exact) mass is 718 g/mol. The molecule has 0 atom stereocenters. The molecule has 0 saturated heterocycles. The smallest absolute Gasteiger partial charge is 0.0368 e. The SMILES string of the molecule is c1ccc2cc(-c3c4ccccc4c(-c4ccc(-c5cc6sc7cc8c(cc7c6c6ccccc56)sc5ccccc58)cc4)c4ccccc34)ccc2c1. The van der Waals surface area contributed by atoms with E-state index >= 15 is 0 Å². The van der Waals surface area contributed by atoms with E-state index < -0.39 is 0 Å². The van der Waals surface area contributed by atoms with Crippen LogP contribution in [-0.2, 0) is 0 Å². The van der Waals surface area contributed by atoms with Crippen LogP contribution in [0, 0.1) is 0 Å². The average molecular weight is 719 g/mol. The van der Waals surface area contributed by atoms with Crippen LogP contribution in [0.4, 0.5) is 0 Å². The van der Waals surface area contributed by atoms with Crippen LogP contribution in [0.2, 0.25) is 0 Å². The van der Waals surface area contributed by atoms with Crippen LogP contribution in [0.1, 0.15) is 0 Å². The maximum absolute atomic E-state index is 2.44. The largest absolute Gasteiger partial charge is 0.135 e. The molecule has 0 spiro atoms. The Morgan fingerprint density at radius 3 is 1.48 bits per heavy atom. The van der Waals surface area contributed by atoms with Crippen molar-refractivity contribution in [2.24, 2.45) is 0 Å². The van der Waals surface area contributed by atoms with Crippen molar-refractivity contribution in [3.63, 3.8) is 0 Å². The first-order valence-electron chi connectivity index (χ1n) is 18.5. The van der Waals surface area contributed by atoms with Gasteiger partial charge in [0.2, 0.25) is 0 Å². The van der Waals surface area contributed by atoms with Gasteiger partial charge < -0.3 is 0 Å². The van der Waals surface area contributed by atoms with E-state index in [0.29, 0.717) is 0 Å². The first kappa shape index (κ1) is 30.2. The average Bonchev–Trinajstić information content (AvgIpc) is 3.78. The van der Waals surface area contributed by atoms with Crippen LogP contribution in [0.3, 0.4) is 0 Å². The Labute approximate surface area is 319 Å². The number of hydrogen-bond acceptors (Lipinski definition) is 2. The van der Waals surface area contributed by atoms with Crippen molar-refractivity contribution in [3.05, 3.63) is 182 Å². The lowest BCUT2D eigenvalue weighted by Crippen LogP contribution is -1.91. The van der Waals surface area contributed by atoms with Crippen molar-refractivity contribution in [2.45, 2.75) is 0 Å². The second-order valence-electron chi connectivity index (χ2n) is 14.4. The Morgan fingerprint density at radius 2 is 0.759 bits per heavy atom. The summed E-state index contributed by atoms with van der Waals surface area (Å²) in [4.78, 5) is 0. The first-order chi connectivity index (χ1) is 26.8. The van der Waals surface area contributed by atoms with Gasteiger partial charge in [-0.2, -0.15) is 0 Å². The summed E-state index contributed by atoms with van der Waals surface area (Å²) >= 11 is 3.82. The van der Waals surface area contributed by atoms with E-state index in [-0.39, 0.29) is 0 Å². The van der Waals surface area contributed by atoms with Crippen molar-refractivity contribution in [1.82, 2.24) is 0 Å². The first-order valence-corrected chi connectivity index (χ1v) is 20.1. The Bertz CT molecular complexity index is 3430. The van der Waals surface area contributed by atoms with Gasteiger partial charge in [-0.1, -0.05) is 152 Å². The van der Waals surface area contributed by atoms with Crippen LogP contribution in [0.15, 0.2) is 182 Å². The van der Waals surface area contributed by atoms with Crippen LogP contribution in [-0.4, -0.2) is 0 Å². The Morgan fingerprint density at radius 1 is 0.259 bits per heavy atom. The molecule has 0 saturated carbocycles. The van der Waals surface area contributed by atoms with E-state index in [9.17, 15) is 0 Å². The lowest BCUT2D eigenvalue weighted by atomic mass is 9.85. The van der Waals surface area contributed by atoms with E-state index in [0.717, 1.165) is 0 Å². The van der Waals surface area contributed by atoms with Crippen molar-refractivity contribution >= 4 is 106 Å². The second kappa shape index (κ2) is 11.6. The van der Waals surface area contributed by atoms with Gasteiger partial charge in [0.1, 0.15) is 0 Å².